The molecule has 6 heteroatoms. The molecule has 2 rings (SSSR count). The van der Waals surface area contributed by atoms with Gasteiger partial charge in [-0.3, -0.25) is 9.89 Å². The van der Waals surface area contributed by atoms with Crippen LogP contribution < -0.4 is 10.6 Å². The van der Waals surface area contributed by atoms with Crippen LogP contribution in [0.25, 0.3) is 0 Å². The van der Waals surface area contributed by atoms with Crippen LogP contribution in [0.3, 0.4) is 0 Å². The second kappa shape index (κ2) is 8.51. The first-order chi connectivity index (χ1) is 11.4. The van der Waals surface area contributed by atoms with Crippen molar-refractivity contribution < 1.29 is 0 Å². The fourth-order valence-electron chi connectivity index (χ4n) is 3.21. The van der Waals surface area contributed by atoms with Crippen molar-refractivity contribution >= 4 is 5.96 Å². The standard InChI is InChI=1S/C18H34N6/c1-13(2)10-23-8-7-20-17(23)9-21-18(19-6)22-16-12-24(14(3)4)11-15(16)5/h7-8,13-16H,9-12H2,1-6H3,(H2,19,21,22). The topological polar surface area (TPSA) is 57.5 Å². The number of nitrogens with one attached hydrogen (secondary N) is 2. The first kappa shape index (κ1) is 18.8. The van der Waals surface area contributed by atoms with Gasteiger partial charge in [0.2, 0.25) is 0 Å². The molecule has 2 N–H and O–H groups in total. The van der Waals surface area contributed by atoms with Crippen molar-refractivity contribution in [2.24, 2.45) is 16.8 Å². The highest BCUT2D eigenvalue weighted by Crippen LogP contribution is 2.18. The predicted molar refractivity (Wildman–Crippen MR) is 100 cm³/mol. The summed E-state index contributed by atoms with van der Waals surface area (Å²) in [5.74, 6) is 3.14. The molecule has 0 amide bonds. The molecule has 1 aliphatic rings. The molecule has 2 unspecified atom stereocenters. The van der Waals surface area contributed by atoms with Crippen molar-refractivity contribution in [3.8, 4) is 0 Å². The third kappa shape index (κ3) is 4.97. The number of nitrogens with zero attached hydrogens (tertiary/aromatic N) is 4. The van der Waals surface area contributed by atoms with Gasteiger partial charge in [-0.05, 0) is 25.7 Å². The summed E-state index contributed by atoms with van der Waals surface area (Å²) in [4.78, 5) is 11.4. The zero-order valence-corrected chi connectivity index (χ0v) is 16.1. The molecule has 0 saturated carbocycles. The molecule has 24 heavy (non-hydrogen) atoms. The van der Waals surface area contributed by atoms with E-state index in [1.165, 1.54) is 0 Å². The largest absolute Gasteiger partial charge is 0.352 e. The lowest BCUT2D eigenvalue weighted by Crippen LogP contribution is -2.46. The summed E-state index contributed by atoms with van der Waals surface area (Å²) in [6.07, 6.45) is 3.92. The Kier molecular flexibility index (Phi) is 6.66. The molecule has 0 radical (unpaired) electrons. The number of guanidine groups is 1. The van der Waals surface area contributed by atoms with E-state index in [1.807, 2.05) is 19.4 Å². The SMILES string of the molecule is CN=C(NCc1nccn1CC(C)C)NC1CN(C(C)C)CC1C. The van der Waals surface area contributed by atoms with E-state index in [0.29, 0.717) is 30.5 Å². The predicted octanol–water partition coefficient (Wildman–Crippen LogP) is 1.93. The van der Waals surface area contributed by atoms with E-state index in [0.717, 1.165) is 31.4 Å². The van der Waals surface area contributed by atoms with Gasteiger partial charge in [0.05, 0.1) is 6.54 Å². The van der Waals surface area contributed by atoms with Crippen molar-refractivity contribution in [1.29, 1.82) is 0 Å². The van der Waals surface area contributed by atoms with Gasteiger partial charge < -0.3 is 15.2 Å². The Labute approximate surface area is 146 Å². The van der Waals surface area contributed by atoms with Gasteiger partial charge in [0.1, 0.15) is 5.82 Å². The average Bonchev–Trinajstić information content (AvgIpc) is 3.10. The first-order valence-corrected chi connectivity index (χ1v) is 9.12. The number of imidazole rings is 1. The Morgan fingerprint density at radius 1 is 1.33 bits per heavy atom. The van der Waals surface area contributed by atoms with E-state index in [-0.39, 0.29) is 0 Å². The minimum Gasteiger partial charge on any atom is -0.352 e. The molecule has 1 fully saturated rings. The van der Waals surface area contributed by atoms with Crippen molar-refractivity contribution in [1.82, 2.24) is 25.1 Å². The molecule has 1 aromatic heterocycles. The lowest BCUT2D eigenvalue weighted by atomic mass is 10.1. The van der Waals surface area contributed by atoms with E-state index in [9.17, 15) is 0 Å². The molecule has 0 aliphatic carbocycles. The van der Waals surface area contributed by atoms with Crippen LogP contribution in [0, 0.1) is 11.8 Å². The molecular formula is C18H34N6. The highest BCUT2D eigenvalue weighted by atomic mass is 15.3. The second-order valence-electron chi connectivity index (χ2n) is 7.59. The zero-order chi connectivity index (χ0) is 17.7. The van der Waals surface area contributed by atoms with E-state index in [2.05, 4.69) is 64.7 Å². The first-order valence-electron chi connectivity index (χ1n) is 9.12. The van der Waals surface area contributed by atoms with Crippen molar-refractivity contribution in [3.63, 3.8) is 0 Å². The number of rotatable bonds is 6. The normalized spacial score (nSPS) is 22.6. The summed E-state index contributed by atoms with van der Waals surface area (Å²) in [6, 6.07) is 1.03. The van der Waals surface area contributed by atoms with Gasteiger partial charge in [-0.25, -0.2) is 4.98 Å². The monoisotopic (exact) mass is 334 g/mol. The molecule has 2 heterocycles. The molecule has 1 saturated heterocycles. The molecule has 1 aromatic rings. The summed E-state index contributed by atoms with van der Waals surface area (Å²) in [5, 5.41) is 7.00. The van der Waals surface area contributed by atoms with Crippen molar-refractivity contribution in [2.45, 2.75) is 59.8 Å². The Morgan fingerprint density at radius 2 is 2.08 bits per heavy atom. The van der Waals surface area contributed by atoms with Crippen LogP contribution in [0.1, 0.15) is 40.4 Å². The van der Waals surface area contributed by atoms with E-state index < -0.39 is 0 Å². The van der Waals surface area contributed by atoms with Gasteiger partial charge in [0, 0.05) is 51.2 Å². The second-order valence-corrected chi connectivity index (χ2v) is 7.59. The Balaban J connectivity index is 1.88. The smallest absolute Gasteiger partial charge is 0.191 e. The summed E-state index contributed by atoms with van der Waals surface area (Å²) in [6.45, 7) is 15.2. The number of aromatic nitrogens is 2. The minimum atomic E-state index is 0.439. The number of likely N-dealkylation sites (tertiary alicyclic amines) is 1. The average molecular weight is 335 g/mol. The van der Waals surface area contributed by atoms with Crippen LogP contribution in [-0.4, -0.2) is 52.6 Å². The lowest BCUT2D eigenvalue weighted by molar-refractivity contribution is 0.265. The maximum Gasteiger partial charge on any atom is 0.191 e. The number of hydrogen-bond acceptors (Lipinski definition) is 3. The fourth-order valence-corrected chi connectivity index (χ4v) is 3.21. The quantitative estimate of drug-likeness (QED) is 0.616. The molecular weight excluding hydrogens is 300 g/mol. The highest BCUT2D eigenvalue weighted by molar-refractivity contribution is 5.80. The maximum absolute atomic E-state index is 4.47. The molecule has 136 valence electrons. The van der Waals surface area contributed by atoms with Gasteiger partial charge in [-0.15, -0.1) is 0 Å². The molecule has 0 bridgehead atoms. The Hall–Kier alpha value is -1.56. The summed E-state index contributed by atoms with van der Waals surface area (Å²) >= 11 is 0. The van der Waals surface area contributed by atoms with Gasteiger partial charge in [0.25, 0.3) is 0 Å². The van der Waals surface area contributed by atoms with Gasteiger partial charge in [0.15, 0.2) is 5.96 Å². The van der Waals surface area contributed by atoms with Crippen LogP contribution in [0.5, 0.6) is 0 Å². The number of hydrogen-bond donors (Lipinski definition) is 2. The summed E-state index contributed by atoms with van der Waals surface area (Å²) in [5.41, 5.74) is 0. The third-order valence-corrected chi connectivity index (χ3v) is 4.69. The van der Waals surface area contributed by atoms with E-state index in [4.69, 9.17) is 0 Å². The summed E-state index contributed by atoms with van der Waals surface area (Å²) in [7, 11) is 1.83. The highest BCUT2D eigenvalue weighted by Gasteiger charge is 2.31. The van der Waals surface area contributed by atoms with Crippen LogP contribution >= 0.6 is 0 Å². The zero-order valence-electron chi connectivity index (χ0n) is 16.1. The third-order valence-electron chi connectivity index (χ3n) is 4.69. The van der Waals surface area contributed by atoms with E-state index >= 15 is 0 Å². The molecule has 0 spiro atoms. The van der Waals surface area contributed by atoms with Crippen molar-refractivity contribution in [2.75, 3.05) is 20.1 Å². The van der Waals surface area contributed by atoms with Crippen LogP contribution in [0.2, 0.25) is 0 Å². The molecule has 0 aromatic carbocycles. The summed E-state index contributed by atoms with van der Waals surface area (Å²) < 4.78 is 2.21. The van der Waals surface area contributed by atoms with Crippen molar-refractivity contribution in [3.05, 3.63) is 18.2 Å². The molecule has 6 nitrogen and oxygen atoms in total. The Bertz CT molecular complexity index is 533. The van der Waals surface area contributed by atoms with Crippen LogP contribution in [0.4, 0.5) is 0 Å². The Morgan fingerprint density at radius 3 is 2.67 bits per heavy atom. The molecule has 1 aliphatic heterocycles. The van der Waals surface area contributed by atoms with Gasteiger partial charge in [-0.1, -0.05) is 20.8 Å². The van der Waals surface area contributed by atoms with Crippen LogP contribution in [-0.2, 0) is 13.1 Å². The minimum absolute atomic E-state index is 0.439. The lowest BCUT2D eigenvalue weighted by Gasteiger charge is -2.22. The molecule has 2 atom stereocenters. The number of aliphatic imine (C=N–C) groups is 1. The maximum atomic E-state index is 4.47. The van der Waals surface area contributed by atoms with Gasteiger partial charge in [-0.2, -0.15) is 0 Å². The van der Waals surface area contributed by atoms with E-state index in [1.54, 1.807) is 0 Å². The van der Waals surface area contributed by atoms with Crippen LogP contribution in [0.15, 0.2) is 17.4 Å². The fraction of sp³-hybridized carbons (Fsp3) is 0.778. The van der Waals surface area contributed by atoms with Gasteiger partial charge >= 0.3 is 0 Å².